The molecule has 2 aromatic rings. The average molecular weight is 906 g/mol. The van der Waals surface area contributed by atoms with E-state index >= 15 is 0 Å². The van der Waals surface area contributed by atoms with Crippen molar-refractivity contribution >= 4 is 23.4 Å². The van der Waals surface area contributed by atoms with Gasteiger partial charge < -0.3 is 58.2 Å². The summed E-state index contributed by atoms with van der Waals surface area (Å²) in [6, 6.07) is 9.67. The Labute approximate surface area is 381 Å². The van der Waals surface area contributed by atoms with Crippen LogP contribution in [0.2, 0.25) is 0 Å². The molecule has 2 amide bonds. The van der Waals surface area contributed by atoms with Crippen LogP contribution < -0.4 is 24.3 Å². The van der Waals surface area contributed by atoms with E-state index in [9.17, 15) is 24.9 Å². The molecule has 65 heavy (non-hydrogen) atoms. The van der Waals surface area contributed by atoms with Crippen molar-refractivity contribution in [2.75, 3.05) is 72.3 Å². The summed E-state index contributed by atoms with van der Waals surface area (Å²) in [6.07, 6.45) is 11.4. The molecule has 0 spiro atoms. The number of unbranched alkanes of at least 4 members (excludes halogenated alkanes) is 2. The molecule has 3 aliphatic carbocycles. The van der Waals surface area contributed by atoms with Gasteiger partial charge in [-0.1, -0.05) is 30.1 Å². The zero-order chi connectivity index (χ0) is 45.8. The number of amides is 2. The van der Waals surface area contributed by atoms with Crippen molar-refractivity contribution in [1.82, 2.24) is 4.90 Å². The number of anilines is 1. The number of carbonyl (C=O) groups is 2. The Hall–Kier alpha value is -4.71. The van der Waals surface area contributed by atoms with E-state index in [0.29, 0.717) is 54.5 Å². The molecule has 1 saturated heterocycles. The SMILES string of the molecule is C=CCO[C@@]12Oc3ccc(OC(=O)Nc4ccc(OC)cc4OC)cc3[C@H]3[C@H](CCCCO)[C@@H](CCCCO)C=C(C(=NOC4CCCCO4)C[C@@H]1N(CCOCCO)C(=O)C1CC1)[C@H]32. The lowest BCUT2D eigenvalue weighted by Crippen LogP contribution is -2.70. The summed E-state index contributed by atoms with van der Waals surface area (Å²) in [5.41, 5.74) is 2.74. The number of fused-ring (bicyclic) bond motifs is 2. The Morgan fingerprint density at radius 2 is 1.75 bits per heavy atom. The Bertz CT molecular complexity index is 1980. The van der Waals surface area contributed by atoms with Crippen LogP contribution in [0.1, 0.15) is 88.5 Å². The highest BCUT2D eigenvalue weighted by atomic mass is 16.8. The minimum Gasteiger partial charge on any atom is -0.497 e. The molecule has 16 nitrogen and oxygen atoms in total. The number of hydrogen-bond acceptors (Lipinski definition) is 14. The van der Waals surface area contributed by atoms with E-state index in [2.05, 4.69) is 18.0 Å². The highest BCUT2D eigenvalue weighted by Crippen LogP contribution is 2.62. The van der Waals surface area contributed by atoms with Crippen LogP contribution in [0.3, 0.4) is 0 Å². The van der Waals surface area contributed by atoms with E-state index in [4.69, 9.17) is 43.2 Å². The number of nitrogens with zero attached hydrogens (tertiary/aromatic N) is 2. The Balaban J connectivity index is 1.38. The molecule has 4 N–H and O–H groups in total. The maximum Gasteiger partial charge on any atom is 0.417 e. The van der Waals surface area contributed by atoms with Crippen molar-refractivity contribution in [2.24, 2.45) is 28.8 Å². The summed E-state index contributed by atoms with van der Waals surface area (Å²) in [5, 5.41) is 37.2. The lowest BCUT2D eigenvalue weighted by Gasteiger charge is -2.60. The maximum absolute atomic E-state index is 14.6. The van der Waals surface area contributed by atoms with Crippen molar-refractivity contribution in [3.63, 3.8) is 0 Å². The highest BCUT2D eigenvalue weighted by molar-refractivity contribution is 6.03. The first-order valence-corrected chi connectivity index (χ1v) is 23.3. The third-order valence-electron chi connectivity index (χ3n) is 13.2. The highest BCUT2D eigenvalue weighted by Gasteiger charge is 2.66. The molecule has 2 aliphatic heterocycles. The van der Waals surface area contributed by atoms with Crippen LogP contribution in [-0.4, -0.2) is 123 Å². The lowest BCUT2D eigenvalue weighted by molar-refractivity contribution is -0.258. The first-order valence-electron chi connectivity index (χ1n) is 23.3. The van der Waals surface area contributed by atoms with E-state index in [1.54, 1.807) is 43.5 Å². The summed E-state index contributed by atoms with van der Waals surface area (Å²) in [7, 11) is 3.05. The molecule has 3 fully saturated rings. The fourth-order valence-corrected chi connectivity index (χ4v) is 10.1. The molecule has 0 aromatic heterocycles. The zero-order valence-electron chi connectivity index (χ0n) is 37.8. The minimum absolute atomic E-state index is 0.00119. The number of ether oxygens (including phenoxy) is 7. The average Bonchev–Trinajstić information content (AvgIpc) is 4.18. The van der Waals surface area contributed by atoms with E-state index in [-0.39, 0.29) is 87.9 Å². The van der Waals surface area contributed by atoms with Crippen molar-refractivity contribution in [1.29, 1.82) is 0 Å². The molecule has 16 heteroatoms. The van der Waals surface area contributed by atoms with Gasteiger partial charge >= 0.3 is 6.09 Å². The second kappa shape index (κ2) is 23.1. The predicted octanol–water partition coefficient (Wildman–Crippen LogP) is 6.72. The van der Waals surface area contributed by atoms with Gasteiger partial charge in [0.1, 0.15) is 29.0 Å². The largest absolute Gasteiger partial charge is 0.497 e. The van der Waals surface area contributed by atoms with E-state index in [0.717, 1.165) is 62.5 Å². The van der Waals surface area contributed by atoms with Gasteiger partial charge in [0.15, 0.2) is 0 Å². The van der Waals surface area contributed by atoms with Crippen LogP contribution in [0.4, 0.5) is 10.5 Å². The number of hydrogen-bond donors (Lipinski definition) is 4. The number of rotatable bonds is 24. The summed E-state index contributed by atoms with van der Waals surface area (Å²) in [5.74, 6) is -0.819. The molecule has 7 atom stereocenters. The van der Waals surface area contributed by atoms with Crippen LogP contribution in [0.15, 0.2) is 65.9 Å². The second-order valence-corrected chi connectivity index (χ2v) is 17.4. The summed E-state index contributed by atoms with van der Waals surface area (Å²) >= 11 is 0. The van der Waals surface area contributed by atoms with Gasteiger partial charge in [-0.25, -0.2) is 4.79 Å². The Morgan fingerprint density at radius 1 is 0.954 bits per heavy atom. The zero-order valence-corrected chi connectivity index (χ0v) is 37.8. The number of allylic oxidation sites excluding steroid dienone is 1. The lowest BCUT2D eigenvalue weighted by atomic mass is 9.55. The summed E-state index contributed by atoms with van der Waals surface area (Å²) in [4.78, 5) is 36.3. The van der Waals surface area contributed by atoms with E-state index in [1.807, 2.05) is 11.0 Å². The van der Waals surface area contributed by atoms with Gasteiger partial charge in [0.25, 0.3) is 0 Å². The normalized spacial score (nSPS) is 26.2. The molecule has 356 valence electrons. The van der Waals surface area contributed by atoms with E-state index in [1.165, 1.54) is 7.11 Å². The van der Waals surface area contributed by atoms with Crippen LogP contribution >= 0.6 is 0 Å². The minimum atomic E-state index is -1.46. The van der Waals surface area contributed by atoms with Gasteiger partial charge in [0, 0.05) is 56.1 Å². The van der Waals surface area contributed by atoms with Crippen LogP contribution in [0.5, 0.6) is 23.0 Å². The van der Waals surface area contributed by atoms with Crippen LogP contribution in [-0.2, 0) is 23.8 Å². The van der Waals surface area contributed by atoms with E-state index < -0.39 is 30.1 Å². The fourth-order valence-electron chi connectivity index (χ4n) is 10.1. The molecule has 2 saturated carbocycles. The molecular formula is C49H67N3O13. The van der Waals surface area contributed by atoms with Gasteiger partial charge in [0.05, 0.1) is 64.6 Å². The Kier molecular flexibility index (Phi) is 17.2. The molecule has 5 aliphatic rings. The third kappa shape index (κ3) is 11.3. The number of carbonyl (C=O) groups excluding carboxylic acids is 2. The first-order chi connectivity index (χ1) is 31.8. The van der Waals surface area contributed by atoms with Crippen molar-refractivity contribution in [3.8, 4) is 23.0 Å². The van der Waals surface area contributed by atoms with Gasteiger partial charge in [0.2, 0.25) is 18.0 Å². The molecule has 0 bridgehead atoms. The van der Waals surface area contributed by atoms with Crippen molar-refractivity contribution in [3.05, 3.63) is 66.3 Å². The third-order valence-corrected chi connectivity index (χ3v) is 13.2. The number of nitrogens with one attached hydrogen (secondary N) is 1. The predicted molar refractivity (Wildman–Crippen MR) is 241 cm³/mol. The smallest absolute Gasteiger partial charge is 0.417 e. The van der Waals surface area contributed by atoms with Crippen molar-refractivity contribution in [2.45, 2.75) is 101 Å². The summed E-state index contributed by atoms with van der Waals surface area (Å²) < 4.78 is 43.0. The van der Waals surface area contributed by atoms with Crippen LogP contribution in [0, 0.1) is 23.7 Å². The quantitative estimate of drug-likeness (QED) is 0.0493. The number of oxime groups is 1. The van der Waals surface area contributed by atoms with Gasteiger partial charge in [-0.3, -0.25) is 10.1 Å². The second-order valence-electron chi connectivity index (χ2n) is 17.4. The van der Waals surface area contributed by atoms with Gasteiger partial charge in [-0.05, 0) is 99.1 Å². The number of benzene rings is 2. The standard InChI is InChI=1S/C49H67N3O13/c1-4-24-62-49-43(52(20-26-60-27-23-55)47(56)32-14-15-32)31-40(51-65-44-13-7-10-25-61-44)37-28-33(11-5-8-21-53)36(12-6-9-22-54)45(46(37)49)38-29-35(17-19-41(38)64-49)63-48(57)50-39-18-16-34(58-2)30-42(39)59-3/h4,16-19,28-30,32-33,36,43-46,53-55H,1,5-15,20-27,31H2,2-3H3,(H,50,57)/t33-,36+,43-,44?,45+,46+,49+/m0/s1. The number of aliphatic hydroxyl groups excluding tert-OH is 3. The molecule has 2 heterocycles. The molecule has 7 rings (SSSR count). The molecule has 0 radical (unpaired) electrons. The fraction of sp³-hybridized carbons (Fsp3) is 0.612. The maximum atomic E-state index is 14.6. The topological polar surface area (TPSA) is 196 Å². The van der Waals surface area contributed by atoms with Gasteiger partial charge in [-0.15, -0.1) is 6.58 Å². The first kappa shape index (κ1) is 48.2. The number of methoxy groups -OCH3 is 2. The molecular weight excluding hydrogens is 839 g/mol. The molecule has 2 aromatic carbocycles. The molecule has 1 unspecified atom stereocenters. The van der Waals surface area contributed by atoms with Crippen LogP contribution in [0.25, 0.3) is 0 Å². The number of aliphatic hydroxyl groups is 3. The Morgan fingerprint density at radius 3 is 2.46 bits per heavy atom. The monoisotopic (exact) mass is 905 g/mol. The summed E-state index contributed by atoms with van der Waals surface area (Å²) in [6.45, 7) is 5.20. The van der Waals surface area contributed by atoms with Crippen molar-refractivity contribution < 1.29 is 62.9 Å². The van der Waals surface area contributed by atoms with Gasteiger partial charge in [-0.2, -0.15) is 0 Å².